The lowest BCUT2D eigenvalue weighted by molar-refractivity contribution is 0.0933. The molecule has 1 amide bonds. The van der Waals surface area contributed by atoms with Crippen LogP contribution in [0, 0.1) is 0 Å². The zero-order valence-electron chi connectivity index (χ0n) is 17.7. The molecule has 3 rings (SSSR count). The third-order valence-electron chi connectivity index (χ3n) is 4.77. The molecule has 0 saturated carbocycles. The number of benzene rings is 2. The van der Waals surface area contributed by atoms with Crippen LogP contribution in [0.5, 0.6) is 11.5 Å². The number of rotatable bonds is 9. The van der Waals surface area contributed by atoms with Crippen LogP contribution in [0.1, 0.15) is 29.0 Å². The van der Waals surface area contributed by atoms with Crippen molar-refractivity contribution >= 4 is 5.91 Å². The largest absolute Gasteiger partial charge is 0.497 e. The van der Waals surface area contributed by atoms with Crippen LogP contribution >= 0.6 is 0 Å². The highest BCUT2D eigenvalue weighted by atomic mass is 16.5. The fourth-order valence-electron chi connectivity index (χ4n) is 3.10. The Morgan fingerprint density at radius 2 is 1.77 bits per heavy atom. The molecular formula is C23H27N3O4. The molecule has 1 N–H and O–H groups in total. The highest BCUT2D eigenvalue weighted by Crippen LogP contribution is 2.24. The highest BCUT2D eigenvalue weighted by molar-refractivity contribution is 5.93. The number of hydrogen-bond acceptors (Lipinski definition) is 6. The Morgan fingerprint density at radius 3 is 2.37 bits per heavy atom. The molecule has 3 aromatic rings. The minimum absolute atomic E-state index is 0.0117. The van der Waals surface area contributed by atoms with Gasteiger partial charge in [0.1, 0.15) is 11.5 Å². The summed E-state index contributed by atoms with van der Waals surface area (Å²) in [5, 5.41) is 6.86. The number of nitrogens with zero attached hydrogens (tertiary/aromatic N) is 2. The molecule has 0 unspecified atom stereocenters. The number of ether oxygens (including phenoxy) is 2. The van der Waals surface area contributed by atoms with E-state index in [1.165, 1.54) is 0 Å². The summed E-state index contributed by atoms with van der Waals surface area (Å²) >= 11 is 0. The van der Waals surface area contributed by atoms with Gasteiger partial charge in [-0.15, -0.1) is 0 Å². The predicted octanol–water partition coefficient (Wildman–Crippen LogP) is 3.78. The molecule has 7 nitrogen and oxygen atoms in total. The average molecular weight is 409 g/mol. The molecule has 0 aliphatic heterocycles. The van der Waals surface area contributed by atoms with E-state index in [-0.39, 0.29) is 17.6 Å². The average Bonchev–Trinajstić information content (AvgIpc) is 3.25. The van der Waals surface area contributed by atoms with Crippen molar-refractivity contribution in [3.05, 3.63) is 65.9 Å². The van der Waals surface area contributed by atoms with E-state index >= 15 is 0 Å². The van der Waals surface area contributed by atoms with E-state index in [0.29, 0.717) is 18.9 Å². The number of carbonyl (C=O) groups excluding carboxylic acids is 1. The van der Waals surface area contributed by atoms with Crippen LogP contribution in [0.4, 0.5) is 0 Å². The molecule has 0 radical (unpaired) electrons. The van der Waals surface area contributed by atoms with Crippen molar-refractivity contribution in [3.8, 4) is 22.8 Å². The number of likely N-dealkylation sites (N-methyl/N-ethyl adjacent to an activating group) is 1. The molecule has 7 heteroatoms. The lowest BCUT2D eigenvalue weighted by Gasteiger charge is -2.25. The number of nitrogens with one attached hydrogen (secondary N) is 1. The summed E-state index contributed by atoms with van der Waals surface area (Å²) in [6.07, 6.45) is 0. The van der Waals surface area contributed by atoms with Crippen LogP contribution in [0.25, 0.3) is 11.3 Å². The molecule has 158 valence electrons. The van der Waals surface area contributed by atoms with Gasteiger partial charge in [0.25, 0.3) is 5.91 Å². The molecule has 0 spiro atoms. The van der Waals surface area contributed by atoms with E-state index in [0.717, 1.165) is 22.6 Å². The van der Waals surface area contributed by atoms with Crippen LogP contribution < -0.4 is 14.8 Å². The van der Waals surface area contributed by atoms with Crippen LogP contribution in [0.15, 0.2) is 59.1 Å². The molecule has 30 heavy (non-hydrogen) atoms. The first-order valence-electron chi connectivity index (χ1n) is 9.80. The first-order valence-corrected chi connectivity index (χ1v) is 9.80. The second kappa shape index (κ2) is 9.93. The number of carbonyl (C=O) groups is 1. The van der Waals surface area contributed by atoms with Crippen molar-refractivity contribution in [1.29, 1.82) is 0 Å². The Labute approximate surface area is 176 Å². The van der Waals surface area contributed by atoms with Gasteiger partial charge in [0.05, 0.1) is 19.8 Å². The first kappa shape index (κ1) is 21.4. The van der Waals surface area contributed by atoms with Gasteiger partial charge in [-0.1, -0.05) is 17.3 Å². The number of methoxy groups -OCH3 is 1. The van der Waals surface area contributed by atoms with Gasteiger partial charge >= 0.3 is 0 Å². The highest BCUT2D eigenvalue weighted by Gasteiger charge is 2.18. The van der Waals surface area contributed by atoms with Gasteiger partial charge in [-0.2, -0.15) is 0 Å². The molecule has 1 heterocycles. The van der Waals surface area contributed by atoms with E-state index in [9.17, 15) is 4.79 Å². The van der Waals surface area contributed by atoms with Crippen LogP contribution in [0.2, 0.25) is 0 Å². The van der Waals surface area contributed by atoms with Gasteiger partial charge in [-0.3, -0.25) is 4.79 Å². The van der Waals surface area contributed by atoms with Crippen molar-refractivity contribution < 1.29 is 18.8 Å². The summed E-state index contributed by atoms with van der Waals surface area (Å²) in [6, 6.07) is 16.9. The molecule has 1 aromatic heterocycles. The Hall–Kier alpha value is -3.32. The molecule has 1 atom stereocenters. The first-order chi connectivity index (χ1) is 14.5. The van der Waals surface area contributed by atoms with Crippen molar-refractivity contribution in [2.75, 3.05) is 34.4 Å². The van der Waals surface area contributed by atoms with Gasteiger partial charge in [0.15, 0.2) is 11.5 Å². The van der Waals surface area contributed by atoms with Crippen LogP contribution in [-0.2, 0) is 0 Å². The molecule has 0 aliphatic rings. The van der Waals surface area contributed by atoms with E-state index in [1.54, 1.807) is 13.2 Å². The summed E-state index contributed by atoms with van der Waals surface area (Å²) in [4.78, 5) is 14.7. The number of hydrogen-bond donors (Lipinski definition) is 1. The Kier molecular flexibility index (Phi) is 7.08. The summed E-state index contributed by atoms with van der Waals surface area (Å²) in [5.41, 5.74) is 2.15. The molecule has 0 saturated heterocycles. The van der Waals surface area contributed by atoms with Gasteiger partial charge in [0, 0.05) is 18.2 Å². The quantitative estimate of drug-likeness (QED) is 0.580. The van der Waals surface area contributed by atoms with Crippen molar-refractivity contribution in [2.45, 2.75) is 13.0 Å². The van der Waals surface area contributed by atoms with Crippen LogP contribution in [-0.4, -0.2) is 50.3 Å². The maximum atomic E-state index is 12.6. The second-order valence-electron chi connectivity index (χ2n) is 7.00. The second-order valence-corrected chi connectivity index (χ2v) is 7.00. The van der Waals surface area contributed by atoms with Gasteiger partial charge in [-0.25, -0.2) is 0 Å². The zero-order valence-corrected chi connectivity index (χ0v) is 17.7. The minimum atomic E-state index is -0.281. The Balaban J connectivity index is 1.65. The van der Waals surface area contributed by atoms with Gasteiger partial charge in [0.2, 0.25) is 0 Å². The topological polar surface area (TPSA) is 76.8 Å². The van der Waals surface area contributed by atoms with Crippen LogP contribution in [0.3, 0.4) is 0 Å². The Bertz CT molecular complexity index is 949. The van der Waals surface area contributed by atoms with Crippen molar-refractivity contribution in [1.82, 2.24) is 15.4 Å². The third-order valence-corrected chi connectivity index (χ3v) is 4.77. The fourth-order valence-corrected chi connectivity index (χ4v) is 3.10. The smallest absolute Gasteiger partial charge is 0.273 e. The lowest BCUT2D eigenvalue weighted by atomic mass is 10.1. The van der Waals surface area contributed by atoms with Gasteiger partial charge in [-0.05, 0) is 63.0 Å². The van der Waals surface area contributed by atoms with Crippen molar-refractivity contribution in [3.63, 3.8) is 0 Å². The molecule has 2 aromatic carbocycles. The molecule has 0 fully saturated rings. The van der Waals surface area contributed by atoms with Crippen molar-refractivity contribution in [2.24, 2.45) is 0 Å². The van der Waals surface area contributed by atoms with E-state index in [1.807, 2.05) is 69.6 Å². The summed E-state index contributed by atoms with van der Waals surface area (Å²) in [5.74, 6) is 1.83. The lowest BCUT2D eigenvalue weighted by Crippen LogP contribution is -2.34. The summed E-state index contributed by atoms with van der Waals surface area (Å²) < 4.78 is 16.0. The number of amides is 1. The normalized spacial score (nSPS) is 11.9. The maximum absolute atomic E-state index is 12.6. The third kappa shape index (κ3) is 5.18. The summed E-state index contributed by atoms with van der Waals surface area (Å²) in [6.45, 7) is 3.02. The monoisotopic (exact) mass is 409 g/mol. The van der Waals surface area contributed by atoms with E-state index < -0.39 is 0 Å². The summed E-state index contributed by atoms with van der Waals surface area (Å²) in [7, 11) is 5.57. The molecule has 0 bridgehead atoms. The predicted molar refractivity (Wildman–Crippen MR) is 115 cm³/mol. The fraction of sp³-hybridized carbons (Fsp3) is 0.304. The number of aromatic nitrogens is 1. The molecule has 0 aliphatic carbocycles. The maximum Gasteiger partial charge on any atom is 0.273 e. The van der Waals surface area contributed by atoms with E-state index in [4.69, 9.17) is 14.0 Å². The van der Waals surface area contributed by atoms with Gasteiger partial charge < -0.3 is 24.2 Å². The Morgan fingerprint density at radius 1 is 1.10 bits per heavy atom. The zero-order chi connectivity index (χ0) is 21.5. The SMILES string of the molecule is CCOc1ccc([C@@H](CNC(=O)c2cc(-c3ccc(OC)cc3)on2)N(C)C)cc1. The minimum Gasteiger partial charge on any atom is -0.497 e. The standard InChI is InChI=1S/C23H27N3O4/c1-5-29-19-12-6-16(7-13-19)21(26(2)3)15-24-23(27)20-14-22(30-25-20)17-8-10-18(28-4)11-9-17/h6-14,21H,5,15H2,1-4H3,(H,24,27)/t21-/m1/s1. The molecular weight excluding hydrogens is 382 g/mol. The van der Waals surface area contributed by atoms with E-state index in [2.05, 4.69) is 15.4 Å².